The number of hydrogen-bond donors (Lipinski definition) is 0. The van der Waals surface area contributed by atoms with Crippen LogP contribution >= 0.6 is 0 Å². The van der Waals surface area contributed by atoms with E-state index in [4.69, 9.17) is 0 Å². The number of halogens is 1. The lowest BCUT2D eigenvalue weighted by molar-refractivity contribution is 0.548. The number of aromatic nitrogens is 2. The maximum atomic E-state index is 12.2. The molecule has 0 radical (unpaired) electrons. The van der Waals surface area contributed by atoms with Crippen molar-refractivity contribution in [3.05, 3.63) is 12.5 Å². The summed E-state index contributed by atoms with van der Waals surface area (Å²) < 4.78 is 34.1. The summed E-state index contributed by atoms with van der Waals surface area (Å²) in [6.07, 6.45) is 2.42. The molecule has 0 spiro atoms. The van der Waals surface area contributed by atoms with Gasteiger partial charge in [-0.25, -0.2) is 4.98 Å². The van der Waals surface area contributed by atoms with E-state index in [-0.39, 0.29) is 0 Å². The molecule has 1 aromatic heterocycles. The zero-order valence-corrected chi connectivity index (χ0v) is 6.68. The zero-order chi connectivity index (χ0) is 8.48. The molecule has 1 heterocycles. The van der Waals surface area contributed by atoms with E-state index in [9.17, 15) is 12.3 Å². The predicted molar refractivity (Wildman–Crippen MR) is 36.2 cm³/mol. The van der Waals surface area contributed by atoms with Crippen LogP contribution in [0, 0.1) is 0 Å². The summed E-state index contributed by atoms with van der Waals surface area (Å²) in [5, 5.41) is -0.528. The minimum Gasteiger partial charge on any atom is -0.336 e. The average molecular weight is 178 g/mol. The van der Waals surface area contributed by atoms with Gasteiger partial charge >= 0.3 is 10.2 Å². The summed E-state index contributed by atoms with van der Waals surface area (Å²) in [6.45, 7) is 2.37. The van der Waals surface area contributed by atoms with Crippen LogP contribution in [0.25, 0.3) is 0 Å². The maximum absolute atomic E-state index is 12.2. The van der Waals surface area contributed by atoms with E-state index < -0.39 is 15.2 Å². The summed E-state index contributed by atoms with van der Waals surface area (Å²) in [7, 11) is -4.62. The predicted octanol–water partition coefficient (Wildman–Crippen LogP) is 0.561. The molecule has 1 rings (SSSR count). The lowest BCUT2D eigenvalue weighted by atomic mass is 10.7. The Morgan fingerprint density at radius 1 is 1.73 bits per heavy atom. The van der Waals surface area contributed by atoms with Crippen LogP contribution in [-0.4, -0.2) is 18.0 Å². The largest absolute Gasteiger partial charge is 0.351 e. The third-order valence-corrected chi connectivity index (χ3v) is 1.93. The van der Waals surface area contributed by atoms with Gasteiger partial charge in [-0.05, 0) is 6.92 Å². The van der Waals surface area contributed by atoms with E-state index in [0.717, 1.165) is 6.20 Å². The summed E-state index contributed by atoms with van der Waals surface area (Å²) in [6, 6.07) is 0. The van der Waals surface area contributed by atoms with Crippen molar-refractivity contribution in [3.8, 4) is 0 Å². The molecule has 1 aromatic rings. The van der Waals surface area contributed by atoms with Gasteiger partial charge in [0.2, 0.25) is 5.03 Å². The second-order valence-corrected chi connectivity index (χ2v) is 3.27. The molecule has 0 bridgehead atoms. The summed E-state index contributed by atoms with van der Waals surface area (Å²) in [5.41, 5.74) is 0. The van der Waals surface area contributed by atoms with Crippen LogP contribution in [0.1, 0.15) is 6.92 Å². The van der Waals surface area contributed by atoms with Gasteiger partial charge in [0.1, 0.15) is 0 Å². The van der Waals surface area contributed by atoms with Gasteiger partial charge in [-0.15, -0.1) is 0 Å². The first kappa shape index (κ1) is 8.19. The van der Waals surface area contributed by atoms with Crippen LogP contribution in [-0.2, 0) is 16.8 Å². The number of nitrogens with zero attached hydrogens (tertiary/aromatic N) is 2. The SMILES string of the molecule is CCn1cnc(S(=O)(=O)F)c1. The van der Waals surface area contributed by atoms with E-state index in [2.05, 4.69) is 4.98 Å². The smallest absolute Gasteiger partial charge is 0.336 e. The van der Waals surface area contributed by atoms with Crippen molar-refractivity contribution < 1.29 is 12.3 Å². The molecule has 0 saturated carbocycles. The van der Waals surface area contributed by atoms with Gasteiger partial charge in [0.15, 0.2) is 0 Å². The molecule has 62 valence electrons. The molecule has 0 N–H and O–H groups in total. The lowest BCUT2D eigenvalue weighted by Crippen LogP contribution is -1.92. The molecular formula is C5H7FN2O2S. The molecule has 0 unspecified atom stereocenters. The van der Waals surface area contributed by atoms with E-state index >= 15 is 0 Å². The van der Waals surface area contributed by atoms with E-state index in [1.807, 2.05) is 0 Å². The number of aryl methyl sites for hydroxylation is 1. The highest BCUT2D eigenvalue weighted by molar-refractivity contribution is 7.86. The molecule has 0 amide bonds. The molecule has 0 aliphatic heterocycles. The van der Waals surface area contributed by atoms with Crippen LogP contribution in [0.5, 0.6) is 0 Å². The van der Waals surface area contributed by atoms with Crippen LogP contribution < -0.4 is 0 Å². The van der Waals surface area contributed by atoms with Crippen molar-refractivity contribution in [3.63, 3.8) is 0 Å². The normalized spacial score (nSPS) is 11.8. The zero-order valence-electron chi connectivity index (χ0n) is 5.86. The first-order valence-electron chi connectivity index (χ1n) is 3.00. The Morgan fingerprint density at radius 2 is 2.36 bits per heavy atom. The topological polar surface area (TPSA) is 52.0 Å². The van der Waals surface area contributed by atoms with Crippen molar-refractivity contribution >= 4 is 10.2 Å². The standard InChI is InChI=1S/C5H7FN2O2S/c1-2-8-3-5(7-4-8)11(6,9)10/h3-4H,2H2,1H3. The van der Waals surface area contributed by atoms with Gasteiger partial charge in [-0.3, -0.25) is 0 Å². The number of imidazole rings is 1. The van der Waals surface area contributed by atoms with E-state index in [1.54, 1.807) is 6.92 Å². The lowest BCUT2D eigenvalue weighted by Gasteiger charge is -1.89. The Morgan fingerprint density at radius 3 is 2.64 bits per heavy atom. The Hall–Kier alpha value is -0.910. The molecule has 0 aliphatic carbocycles. The van der Waals surface area contributed by atoms with Crippen molar-refractivity contribution in [1.29, 1.82) is 0 Å². The number of rotatable bonds is 2. The van der Waals surface area contributed by atoms with Gasteiger partial charge in [-0.2, -0.15) is 8.42 Å². The first-order chi connectivity index (χ1) is 5.04. The first-order valence-corrected chi connectivity index (χ1v) is 4.39. The van der Waals surface area contributed by atoms with Crippen molar-refractivity contribution in [2.24, 2.45) is 0 Å². The third-order valence-electron chi connectivity index (χ3n) is 1.22. The summed E-state index contributed by atoms with van der Waals surface area (Å²) in [4.78, 5) is 3.36. The molecule has 0 atom stereocenters. The Balaban J connectivity index is 3.09. The highest BCUT2D eigenvalue weighted by atomic mass is 32.3. The van der Waals surface area contributed by atoms with Gasteiger partial charge in [0.05, 0.1) is 6.33 Å². The molecule has 4 nitrogen and oxygen atoms in total. The monoisotopic (exact) mass is 178 g/mol. The molecule has 0 aliphatic rings. The summed E-state index contributed by atoms with van der Waals surface area (Å²) >= 11 is 0. The molecule has 0 fully saturated rings. The second kappa shape index (κ2) is 2.61. The highest BCUT2D eigenvalue weighted by Crippen LogP contribution is 2.07. The Kier molecular flexibility index (Phi) is 1.95. The molecule has 0 saturated heterocycles. The van der Waals surface area contributed by atoms with Gasteiger partial charge < -0.3 is 4.57 Å². The van der Waals surface area contributed by atoms with Crippen molar-refractivity contribution in [1.82, 2.24) is 9.55 Å². The van der Waals surface area contributed by atoms with Gasteiger partial charge in [0.25, 0.3) is 0 Å². The average Bonchev–Trinajstić information content (AvgIpc) is 2.32. The minimum absolute atomic E-state index is 0.528. The number of hydrogen-bond acceptors (Lipinski definition) is 3. The molecule has 0 aromatic carbocycles. The molecule has 11 heavy (non-hydrogen) atoms. The fourth-order valence-electron chi connectivity index (χ4n) is 0.638. The third kappa shape index (κ3) is 1.76. The quantitative estimate of drug-likeness (QED) is 0.622. The fraction of sp³-hybridized carbons (Fsp3) is 0.400. The van der Waals surface area contributed by atoms with Gasteiger partial charge in [-0.1, -0.05) is 3.89 Å². The van der Waals surface area contributed by atoms with E-state index in [0.29, 0.717) is 6.54 Å². The maximum Gasteiger partial charge on any atom is 0.351 e. The van der Waals surface area contributed by atoms with Crippen molar-refractivity contribution in [2.45, 2.75) is 18.5 Å². The van der Waals surface area contributed by atoms with Gasteiger partial charge in [0, 0.05) is 12.7 Å². The fourth-order valence-corrected chi connectivity index (χ4v) is 1.07. The minimum atomic E-state index is -4.62. The van der Waals surface area contributed by atoms with Crippen LogP contribution in [0.2, 0.25) is 0 Å². The van der Waals surface area contributed by atoms with E-state index in [1.165, 1.54) is 10.9 Å². The van der Waals surface area contributed by atoms with Crippen LogP contribution in [0.15, 0.2) is 17.6 Å². The molecule has 6 heteroatoms. The summed E-state index contributed by atoms with van der Waals surface area (Å²) in [5.74, 6) is 0. The van der Waals surface area contributed by atoms with Crippen LogP contribution in [0.3, 0.4) is 0 Å². The van der Waals surface area contributed by atoms with Crippen LogP contribution in [0.4, 0.5) is 3.89 Å². The second-order valence-electron chi connectivity index (χ2n) is 1.98. The van der Waals surface area contributed by atoms with Crippen molar-refractivity contribution in [2.75, 3.05) is 0 Å². The molecular weight excluding hydrogens is 171 g/mol. The highest BCUT2D eigenvalue weighted by Gasteiger charge is 2.14. The Labute approximate surface area is 63.9 Å². The Bertz CT molecular complexity index is 343.